The second-order valence-corrected chi connectivity index (χ2v) is 6.23. The first-order valence-electron chi connectivity index (χ1n) is 6.64. The molecule has 3 nitrogen and oxygen atoms in total. The Hall–Kier alpha value is -1.03. The molecule has 1 fully saturated rings. The molecule has 1 saturated heterocycles. The van der Waals surface area contributed by atoms with Gasteiger partial charge in [-0.2, -0.15) is 0 Å². The highest BCUT2D eigenvalue weighted by atomic mass is 32.1. The summed E-state index contributed by atoms with van der Waals surface area (Å²) in [5, 5.41) is 2.06. The van der Waals surface area contributed by atoms with Crippen molar-refractivity contribution in [3.05, 3.63) is 22.4 Å². The van der Waals surface area contributed by atoms with Crippen molar-refractivity contribution >= 4 is 17.4 Å². The highest BCUT2D eigenvalue weighted by Crippen LogP contribution is 2.25. The number of hydrogen-bond donors (Lipinski definition) is 0. The monoisotopic (exact) mass is 266 g/mol. The zero-order chi connectivity index (χ0) is 13.1. The standard InChI is InChI=1S/C14H22N2OS/c1-11-6-8-16(9-7-11)14(17)15(3)12(2)13-5-4-10-18-13/h4-5,10-12H,6-9H2,1-3H3. The van der Waals surface area contributed by atoms with E-state index in [4.69, 9.17) is 0 Å². The van der Waals surface area contributed by atoms with E-state index in [0.717, 1.165) is 31.8 Å². The maximum atomic E-state index is 12.4. The topological polar surface area (TPSA) is 23.6 Å². The molecule has 1 aliphatic heterocycles. The van der Waals surface area contributed by atoms with Gasteiger partial charge in [-0.1, -0.05) is 13.0 Å². The van der Waals surface area contributed by atoms with Crippen LogP contribution in [-0.4, -0.2) is 36.0 Å². The molecule has 0 aromatic carbocycles. The molecule has 4 heteroatoms. The average molecular weight is 266 g/mol. The Morgan fingerprint density at radius 3 is 2.72 bits per heavy atom. The van der Waals surface area contributed by atoms with Gasteiger partial charge in [-0.15, -0.1) is 11.3 Å². The van der Waals surface area contributed by atoms with Gasteiger partial charge >= 0.3 is 6.03 Å². The maximum absolute atomic E-state index is 12.4. The minimum atomic E-state index is 0.164. The SMILES string of the molecule is CC1CCN(C(=O)N(C)C(C)c2cccs2)CC1. The van der Waals surface area contributed by atoms with Gasteiger partial charge in [0.05, 0.1) is 6.04 Å². The third-order valence-corrected chi connectivity index (χ3v) is 4.93. The lowest BCUT2D eigenvalue weighted by molar-refractivity contribution is 0.132. The van der Waals surface area contributed by atoms with Crippen molar-refractivity contribution in [3.63, 3.8) is 0 Å². The molecule has 1 aromatic rings. The lowest BCUT2D eigenvalue weighted by Crippen LogP contribution is -2.45. The van der Waals surface area contributed by atoms with E-state index in [1.165, 1.54) is 4.88 Å². The van der Waals surface area contributed by atoms with Crippen molar-refractivity contribution in [2.24, 2.45) is 5.92 Å². The summed E-state index contributed by atoms with van der Waals surface area (Å²) in [5.74, 6) is 0.758. The summed E-state index contributed by atoms with van der Waals surface area (Å²) in [6.45, 7) is 6.17. The van der Waals surface area contributed by atoms with E-state index in [0.29, 0.717) is 0 Å². The minimum Gasteiger partial charge on any atom is -0.325 e. The van der Waals surface area contributed by atoms with Gasteiger partial charge in [0.15, 0.2) is 0 Å². The van der Waals surface area contributed by atoms with Gasteiger partial charge < -0.3 is 9.80 Å². The van der Waals surface area contributed by atoms with Crippen LogP contribution in [0.5, 0.6) is 0 Å². The van der Waals surface area contributed by atoms with Gasteiger partial charge in [0, 0.05) is 25.0 Å². The van der Waals surface area contributed by atoms with Gasteiger partial charge in [0.25, 0.3) is 0 Å². The number of likely N-dealkylation sites (tertiary alicyclic amines) is 1. The van der Waals surface area contributed by atoms with Crippen LogP contribution in [0.4, 0.5) is 4.79 Å². The Balaban J connectivity index is 1.96. The molecule has 1 unspecified atom stereocenters. The van der Waals surface area contributed by atoms with Gasteiger partial charge in [-0.05, 0) is 37.1 Å². The molecule has 0 saturated carbocycles. The Bertz CT molecular complexity index is 383. The normalized spacial score (nSPS) is 18.7. The van der Waals surface area contributed by atoms with Crippen molar-refractivity contribution in [3.8, 4) is 0 Å². The highest BCUT2D eigenvalue weighted by molar-refractivity contribution is 7.10. The molecule has 0 spiro atoms. The van der Waals surface area contributed by atoms with E-state index < -0.39 is 0 Å². The summed E-state index contributed by atoms with van der Waals surface area (Å²) in [6.07, 6.45) is 2.26. The van der Waals surface area contributed by atoms with Crippen LogP contribution in [0.2, 0.25) is 0 Å². The number of amides is 2. The van der Waals surface area contributed by atoms with Crippen molar-refractivity contribution in [2.45, 2.75) is 32.7 Å². The molecule has 2 heterocycles. The van der Waals surface area contributed by atoms with Crippen LogP contribution in [0.15, 0.2) is 17.5 Å². The Kier molecular flexibility index (Phi) is 4.27. The maximum Gasteiger partial charge on any atom is 0.320 e. The lowest BCUT2D eigenvalue weighted by atomic mass is 9.99. The zero-order valence-corrected chi connectivity index (χ0v) is 12.2. The second kappa shape index (κ2) is 5.74. The summed E-state index contributed by atoms with van der Waals surface area (Å²) >= 11 is 1.71. The molecular weight excluding hydrogens is 244 g/mol. The summed E-state index contributed by atoms with van der Waals surface area (Å²) < 4.78 is 0. The van der Waals surface area contributed by atoms with E-state index >= 15 is 0 Å². The first-order chi connectivity index (χ1) is 8.59. The number of hydrogen-bond acceptors (Lipinski definition) is 2. The Labute approximate surface area is 113 Å². The number of carbonyl (C=O) groups is 1. The number of rotatable bonds is 2. The first-order valence-corrected chi connectivity index (χ1v) is 7.52. The van der Waals surface area contributed by atoms with Crippen molar-refractivity contribution < 1.29 is 4.79 Å². The molecule has 1 aromatic heterocycles. The van der Waals surface area contributed by atoms with Crippen LogP contribution < -0.4 is 0 Å². The van der Waals surface area contributed by atoms with Crippen LogP contribution in [0, 0.1) is 5.92 Å². The minimum absolute atomic E-state index is 0.164. The fraction of sp³-hybridized carbons (Fsp3) is 0.643. The smallest absolute Gasteiger partial charge is 0.320 e. The van der Waals surface area contributed by atoms with Gasteiger partial charge in [-0.3, -0.25) is 0 Å². The Morgan fingerprint density at radius 2 is 2.17 bits per heavy atom. The van der Waals surface area contributed by atoms with E-state index in [1.807, 2.05) is 22.9 Å². The summed E-state index contributed by atoms with van der Waals surface area (Å²) in [6, 6.07) is 4.47. The van der Waals surface area contributed by atoms with Crippen LogP contribution in [0.1, 0.15) is 37.6 Å². The number of piperidine rings is 1. The summed E-state index contributed by atoms with van der Waals surface area (Å²) in [4.78, 5) is 17.5. The average Bonchev–Trinajstić information content (AvgIpc) is 2.91. The summed E-state index contributed by atoms with van der Waals surface area (Å²) in [7, 11) is 1.91. The molecule has 18 heavy (non-hydrogen) atoms. The number of thiophene rings is 1. The first kappa shape index (κ1) is 13.4. The lowest BCUT2D eigenvalue weighted by Gasteiger charge is -2.35. The van der Waals surface area contributed by atoms with Crippen molar-refractivity contribution in [2.75, 3.05) is 20.1 Å². The van der Waals surface area contributed by atoms with Crippen molar-refractivity contribution in [1.82, 2.24) is 9.80 Å². The molecule has 2 rings (SSSR count). The molecule has 2 amide bonds. The van der Waals surface area contributed by atoms with Gasteiger partial charge in [-0.25, -0.2) is 4.79 Å². The van der Waals surface area contributed by atoms with Crippen LogP contribution >= 0.6 is 11.3 Å². The Morgan fingerprint density at radius 1 is 1.50 bits per heavy atom. The van der Waals surface area contributed by atoms with E-state index in [-0.39, 0.29) is 12.1 Å². The molecule has 0 aliphatic carbocycles. The van der Waals surface area contributed by atoms with E-state index in [9.17, 15) is 4.79 Å². The van der Waals surface area contributed by atoms with E-state index in [2.05, 4.69) is 25.3 Å². The molecule has 0 bridgehead atoms. The molecule has 0 N–H and O–H groups in total. The highest BCUT2D eigenvalue weighted by Gasteiger charge is 2.26. The van der Waals surface area contributed by atoms with Crippen molar-refractivity contribution in [1.29, 1.82) is 0 Å². The zero-order valence-electron chi connectivity index (χ0n) is 11.4. The van der Waals surface area contributed by atoms with Crippen LogP contribution in [-0.2, 0) is 0 Å². The number of nitrogens with zero attached hydrogens (tertiary/aromatic N) is 2. The quantitative estimate of drug-likeness (QED) is 0.802. The molecule has 1 aliphatic rings. The number of urea groups is 1. The largest absolute Gasteiger partial charge is 0.325 e. The van der Waals surface area contributed by atoms with Crippen LogP contribution in [0.3, 0.4) is 0 Å². The third kappa shape index (κ3) is 2.86. The molecule has 1 atom stereocenters. The molecule has 0 radical (unpaired) electrons. The fourth-order valence-electron chi connectivity index (χ4n) is 2.31. The second-order valence-electron chi connectivity index (χ2n) is 5.25. The molecule has 100 valence electrons. The number of carbonyl (C=O) groups excluding carboxylic acids is 1. The summed E-state index contributed by atoms with van der Waals surface area (Å²) in [5.41, 5.74) is 0. The third-order valence-electron chi connectivity index (χ3n) is 3.89. The van der Waals surface area contributed by atoms with Gasteiger partial charge in [0.1, 0.15) is 0 Å². The fourth-order valence-corrected chi connectivity index (χ4v) is 3.13. The van der Waals surface area contributed by atoms with E-state index in [1.54, 1.807) is 11.3 Å². The van der Waals surface area contributed by atoms with Crippen LogP contribution in [0.25, 0.3) is 0 Å². The molecular formula is C14H22N2OS. The predicted molar refractivity (Wildman–Crippen MR) is 75.9 cm³/mol. The van der Waals surface area contributed by atoms with Gasteiger partial charge in [0.2, 0.25) is 0 Å². The predicted octanol–water partition coefficient (Wildman–Crippen LogP) is 3.59.